The summed E-state index contributed by atoms with van der Waals surface area (Å²) in [5, 5.41) is 4.54. The maximum Gasteiger partial charge on any atom is 0.130 e. The summed E-state index contributed by atoms with van der Waals surface area (Å²) >= 11 is 0. The summed E-state index contributed by atoms with van der Waals surface area (Å²) < 4.78 is 7.72. The van der Waals surface area contributed by atoms with E-state index in [2.05, 4.69) is 18.1 Å². The smallest absolute Gasteiger partial charge is 0.130 e. The summed E-state index contributed by atoms with van der Waals surface area (Å²) in [5.41, 5.74) is 8.36. The lowest BCUT2D eigenvalue weighted by Crippen LogP contribution is -2.33. The minimum absolute atomic E-state index is 0.00597. The molecule has 4 nitrogen and oxygen atoms in total. The fraction of sp³-hybridized carbons (Fsp3) is 0.500. The van der Waals surface area contributed by atoms with E-state index in [1.54, 1.807) is 0 Å². The van der Waals surface area contributed by atoms with E-state index in [1.165, 1.54) is 0 Å². The van der Waals surface area contributed by atoms with Gasteiger partial charge in [0.15, 0.2) is 0 Å². The number of nitrogens with two attached hydrogens (primary N) is 1. The van der Waals surface area contributed by atoms with Crippen LogP contribution in [0.25, 0.3) is 0 Å². The first kappa shape index (κ1) is 12.9. The Kier molecular flexibility index (Phi) is 3.57. The highest BCUT2D eigenvalue weighted by molar-refractivity contribution is 5.17. The third-order valence-corrected chi connectivity index (χ3v) is 3.24. The zero-order valence-corrected chi connectivity index (χ0v) is 11.5. The standard InChI is InChI=1S/C14H21N3O/c1-5-12(15)14(13-7-6-11(4)18-13)17-10(3)8-9(2)16-17/h6-8,12,14H,5,15H2,1-4H3. The fourth-order valence-corrected chi connectivity index (χ4v) is 2.28. The molecule has 2 rings (SSSR count). The molecule has 4 heteroatoms. The second-order valence-electron chi connectivity index (χ2n) is 4.84. The van der Waals surface area contributed by atoms with Crippen LogP contribution in [0.15, 0.2) is 22.6 Å². The van der Waals surface area contributed by atoms with Crippen molar-refractivity contribution in [2.75, 3.05) is 0 Å². The molecule has 0 fully saturated rings. The highest BCUT2D eigenvalue weighted by Gasteiger charge is 2.25. The predicted molar refractivity (Wildman–Crippen MR) is 71.6 cm³/mol. The highest BCUT2D eigenvalue weighted by Crippen LogP contribution is 2.26. The van der Waals surface area contributed by atoms with Crippen molar-refractivity contribution in [2.45, 2.75) is 46.2 Å². The summed E-state index contributed by atoms with van der Waals surface area (Å²) in [6.07, 6.45) is 0.878. The average molecular weight is 247 g/mol. The largest absolute Gasteiger partial charge is 0.464 e. The lowest BCUT2D eigenvalue weighted by atomic mass is 10.0. The fourth-order valence-electron chi connectivity index (χ4n) is 2.28. The molecule has 18 heavy (non-hydrogen) atoms. The van der Waals surface area contributed by atoms with Gasteiger partial charge in [-0.1, -0.05) is 6.92 Å². The van der Waals surface area contributed by atoms with Gasteiger partial charge in [-0.25, -0.2) is 0 Å². The minimum Gasteiger partial charge on any atom is -0.464 e. The molecule has 0 saturated heterocycles. The van der Waals surface area contributed by atoms with Crippen LogP contribution in [0.2, 0.25) is 0 Å². The average Bonchev–Trinajstić information content (AvgIpc) is 2.86. The van der Waals surface area contributed by atoms with Gasteiger partial charge >= 0.3 is 0 Å². The monoisotopic (exact) mass is 247 g/mol. The van der Waals surface area contributed by atoms with Gasteiger partial charge in [0.1, 0.15) is 17.6 Å². The normalized spacial score (nSPS) is 14.7. The first-order chi connectivity index (χ1) is 8.52. The van der Waals surface area contributed by atoms with Crippen LogP contribution in [0.3, 0.4) is 0 Å². The van der Waals surface area contributed by atoms with Crippen molar-refractivity contribution in [1.29, 1.82) is 0 Å². The molecule has 2 atom stereocenters. The van der Waals surface area contributed by atoms with Crippen molar-refractivity contribution < 1.29 is 4.42 Å². The van der Waals surface area contributed by atoms with Crippen LogP contribution in [0.4, 0.5) is 0 Å². The Morgan fingerprint density at radius 2 is 2.06 bits per heavy atom. The Labute approximate surface area is 108 Å². The molecule has 0 radical (unpaired) electrons. The Bertz CT molecular complexity index is 527. The van der Waals surface area contributed by atoms with Gasteiger partial charge in [-0.05, 0) is 45.4 Å². The van der Waals surface area contributed by atoms with Crippen molar-refractivity contribution in [3.63, 3.8) is 0 Å². The molecule has 0 saturated carbocycles. The van der Waals surface area contributed by atoms with E-state index in [9.17, 15) is 0 Å². The summed E-state index contributed by atoms with van der Waals surface area (Å²) in [7, 11) is 0. The molecule has 2 aromatic heterocycles. The van der Waals surface area contributed by atoms with Crippen LogP contribution in [-0.2, 0) is 0 Å². The summed E-state index contributed by atoms with van der Waals surface area (Å²) in [6, 6.07) is 5.99. The van der Waals surface area contributed by atoms with Gasteiger partial charge in [-0.3, -0.25) is 4.68 Å². The maximum atomic E-state index is 6.25. The van der Waals surface area contributed by atoms with E-state index < -0.39 is 0 Å². The zero-order chi connectivity index (χ0) is 13.3. The van der Waals surface area contributed by atoms with E-state index in [-0.39, 0.29) is 12.1 Å². The van der Waals surface area contributed by atoms with E-state index in [0.717, 1.165) is 29.3 Å². The molecule has 0 aliphatic rings. The van der Waals surface area contributed by atoms with E-state index >= 15 is 0 Å². The molecule has 0 amide bonds. The number of hydrogen-bond donors (Lipinski definition) is 1. The van der Waals surface area contributed by atoms with Crippen molar-refractivity contribution in [1.82, 2.24) is 9.78 Å². The predicted octanol–water partition coefficient (Wildman–Crippen LogP) is 2.73. The lowest BCUT2D eigenvalue weighted by Gasteiger charge is -2.22. The second-order valence-corrected chi connectivity index (χ2v) is 4.84. The van der Waals surface area contributed by atoms with Crippen LogP contribution >= 0.6 is 0 Å². The van der Waals surface area contributed by atoms with Gasteiger partial charge in [-0.15, -0.1) is 0 Å². The van der Waals surface area contributed by atoms with Crippen molar-refractivity contribution in [3.05, 3.63) is 41.1 Å². The summed E-state index contributed by atoms with van der Waals surface area (Å²) in [5.74, 6) is 1.79. The van der Waals surface area contributed by atoms with Crippen molar-refractivity contribution in [2.24, 2.45) is 5.73 Å². The molecule has 2 unspecified atom stereocenters. The number of hydrogen-bond acceptors (Lipinski definition) is 3. The van der Waals surface area contributed by atoms with Crippen molar-refractivity contribution in [3.8, 4) is 0 Å². The Morgan fingerprint density at radius 1 is 1.33 bits per heavy atom. The highest BCUT2D eigenvalue weighted by atomic mass is 16.3. The number of aryl methyl sites for hydroxylation is 3. The molecule has 0 aliphatic heterocycles. The van der Waals surface area contributed by atoms with Crippen LogP contribution in [0.5, 0.6) is 0 Å². The third-order valence-electron chi connectivity index (χ3n) is 3.24. The zero-order valence-electron chi connectivity index (χ0n) is 11.5. The van der Waals surface area contributed by atoms with E-state index in [4.69, 9.17) is 10.2 Å². The molecular weight excluding hydrogens is 226 g/mol. The molecule has 2 N–H and O–H groups in total. The van der Waals surface area contributed by atoms with E-state index in [1.807, 2.05) is 37.6 Å². The van der Waals surface area contributed by atoms with Crippen LogP contribution < -0.4 is 5.73 Å². The third kappa shape index (κ3) is 2.34. The van der Waals surface area contributed by atoms with Gasteiger partial charge in [0.05, 0.1) is 5.69 Å². The molecule has 2 aromatic rings. The van der Waals surface area contributed by atoms with Gasteiger partial charge < -0.3 is 10.2 Å². The number of furan rings is 1. The van der Waals surface area contributed by atoms with Gasteiger partial charge in [0.2, 0.25) is 0 Å². The quantitative estimate of drug-likeness (QED) is 0.903. The van der Waals surface area contributed by atoms with Crippen LogP contribution in [0.1, 0.15) is 42.3 Å². The molecule has 98 valence electrons. The lowest BCUT2D eigenvalue weighted by molar-refractivity contribution is 0.340. The molecule has 0 bridgehead atoms. The number of aromatic nitrogens is 2. The summed E-state index contributed by atoms with van der Waals surface area (Å²) in [6.45, 7) is 8.06. The first-order valence-electron chi connectivity index (χ1n) is 6.37. The maximum absolute atomic E-state index is 6.25. The first-order valence-corrected chi connectivity index (χ1v) is 6.37. The molecule has 0 spiro atoms. The Hall–Kier alpha value is -1.55. The van der Waals surface area contributed by atoms with Gasteiger partial charge in [0.25, 0.3) is 0 Å². The second kappa shape index (κ2) is 4.98. The SMILES string of the molecule is CCC(N)C(c1ccc(C)o1)n1nc(C)cc1C. The molecular formula is C14H21N3O. The van der Waals surface area contributed by atoms with E-state index in [0.29, 0.717) is 0 Å². The Balaban J connectivity index is 2.46. The number of rotatable bonds is 4. The van der Waals surface area contributed by atoms with Gasteiger partial charge in [0, 0.05) is 11.7 Å². The Morgan fingerprint density at radius 3 is 2.50 bits per heavy atom. The number of nitrogens with zero attached hydrogens (tertiary/aromatic N) is 2. The molecule has 0 aliphatic carbocycles. The van der Waals surface area contributed by atoms with Gasteiger partial charge in [-0.2, -0.15) is 5.10 Å². The molecule has 2 heterocycles. The minimum atomic E-state index is -0.0302. The van der Waals surface area contributed by atoms with Crippen LogP contribution in [-0.4, -0.2) is 15.8 Å². The molecule has 0 aromatic carbocycles. The van der Waals surface area contributed by atoms with Crippen LogP contribution in [0, 0.1) is 20.8 Å². The van der Waals surface area contributed by atoms with Crippen molar-refractivity contribution >= 4 is 0 Å². The summed E-state index contributed by atoms with van der Waals surface area (Å²) in [4.78, 5) is 0. The topological polar surface area (TPSA) is 57.0 Å².